The van der Waals surface area contributed by atoms with Crippen LogP contribution in [0, 0.1) is 0 Å². The van der Waals surface area contributed by atoms with Crippen molar-refractivity contribution in [3.05, 3.63) is 142 Å². The topological polar surface area (TPSA) is 362 Å². The van der Waals surface area contributed by atoms with Crippen LogP contribution in [0.15, 0.2) is 149 Å². The molecule has 0 fully saturated rings. The zero-order chi connectivity index (χ0) is 47.0. The summed E-state index contributed by atoms with van der Waals surface area (Å²) in [5.41, 5.74) is -2.22. The largest absolute Gasteiger partial charge is 0.505 e. The summed E-state index contributed by atoms with van der Waals surface area (Å²) in [6.45, 7) is 0. The van der Waals surface area contributed by atoms with E-state index in [1.54, 1.807) is 0 Å². The summed E-state index contributed by atoms with van der Waals surface area (Å²) in [7, 11) is -10.1. The van der Waals surface area contributed by atoms with Crippen LogP contribution < -0.4 is 16.1 Å². The van der Waals surface area contributed by atoms with Crippen LogP contribution in [0.1, 0.15) is 41.8 Å². The maximum Gasteiger partial charge on any atom is 0.335 e. The highest BCUT2D eigenvalue weighted by Gasteiger charge is 2.25. The number of nitrogens with one attached hydrogen (secondary N) is 2. The molecule has 65 heavy (non-hydrogen) atoms. The van der Waals surface area contributed by atoms with Gasteiger partial charge >= 0.3 is 11.9 Å². The molecule has 1 heterocycles. The van der Waals surface area contributed by atoms with Gasteiger partial charge in [0.25, 0.3) is 32.1 Å². The number of benzene rings is 6. The average molecular weight is 923 g/mol. The lowest BCUT2D eigenvalue weighted by Gasteiger charge is -2.12. The van der Waals surface area contributed by atoms with Gasteiger partial charge in [0, 0.05) is 34.3 Å². The monoisotopic (exact) mass is 922 g/mol. The first-order valence-corrected chi connectivity index (χ1v) is 20.9. The van der Waals surface area contributed by atoms with E-state index in [9.17, 15) is 60.1 Å². The molecule has 0 aliphatic heterocycles. The number of nitrogens with zero attached hydrogens (tertiary/aromatic N) is 4. The molecule has 7 rings (SSSR count). The highest BCUT2D eigenvalue weighted by molar-refractivity contribution is 7.86. The van der Waals surface area contributed by atoms with Crippen LogP contribution in [0.2, 0.25) is 0 Å². The van der Waals surface area contributed by atoms with Gasteiger partial charge in [0.15, 0.2) is 28.4 Å². The fourth-order valence-electron chi connectivity index (χ4n) is 6.09. The van der Waals surface area contributed by atoms with E-state index in [2.05, 4.69) is 31.1 Å². The Bertz CT molecular complexity index is 3290. The number of hydrogen-bond acceptors (Lipinski definition) is 16. The van der Waals surface area contributed by atoms with Crippen molar-refractivity contribution in [2.75, 3.05) is 10.6 Å². The summed E-state index contributed by atoms with van der Waals surface area (Å²) in [4.78, 5) is 59.7. The summed E-state index contributed by atoms with van der Waals surface area (Å²) in [6, 6.07) is 20.8. The molecular weight excluding hydrogens is 897 g/mol. The summed E-state index contributed by atoms with van der Waals surface area (Å²) in [5.74, 6) is -7.36. The second-order valence-corrected chi connectivity index (χ2v) is 16.3. The molecule has 0 aliphatic rings. The number of carbonyl (C=O) groups is 4. The van der Waals surface area contributed by atoms with Gasteiger partial charge in [-0.25, -0.2) is 9.59 Å². The van der Waals surface area contributed by atoms with Crippen molar-refractivity contribution in [1.29, 1.82) is 0 Å². The minimum atomic E-state index is -5.06. The number of aromatic hydroxyl groups is 2. The number of carboxylic acids is 2. The molecular formula is C41H26N6O16S2. The van der Waals surface area contributed by atoms with E-state index < -0.39 is 93.6 Å². The number of azo groups is 2. The Morgan fingerprint density at radius 2 is 0.877 bits per heavy atom. The van der Waals surface area contributed by atoms with Gasteiger partial charge in [-0.1, -0.05) is 0 Å². The van der Waals surface area contributed by atoms with E-state index >= 15 is 0 Å². The van der Waals surface area contributed by atoms with E-state index in [0.717, 1.165) is 24.3 Å². The Labute approximate surface area is 363 Å². The molecule has 0 saturated carbocycles. The van der Waals surface area contributed by atoms with Crippen LogP contribution >= 0.6 is 0 Å². The number of fused-ring (bicyclic) bond motifs is 2. The molecule has 0 saturated heterocycles. The number of amides is 2. The van der Waals surface area contributed by atoms with Gasteiger partial charge in [0.2, 0.25) is 0 Å². The van der Waals surface area contributed by atoms with E-state index in [0.29, 0.717) is 0 Å². The molecule has 22 nitrogen and oxygen atoms in total. The lowest BCUT2D eigenvalue weighted by Crippen LogP contribution is -2.19. The molecule has 2 amide bonds. The maximum atomic E-state index is 13.3. The van der Waals surface area contributed by atoms with Crippen molar-refractivity contribution in [1.82, 2.24) is 0 Å². The number of carbonyl (C=O) groups excluding carboxylic acids is 2. The predicted octanol–water partition coefficient (Wildman–Crippen LogP) is 7.58. The normalized spacial score (nSPS) is 11.9. The molecule has 0 unspecified atom stereocenters. The summed E-state index contributed by atoms with van der Waals surface area (Å²) >= 11 is 0. The second kappa shape index (κ2) is 17.2. The van der Waals surface area contributed by atoms with Crippen molar-refractivity contribution >= 4 is 99.7 Å². The van der Waals surface area contributed by atoms with Crippen LogP contribution in [0.3, 0.4) is 0 Å². The lowest BCUT2D eigenvalue weighted by atomic mass is 10.1. The fourth-order valence-corrected chi connectivity index (χ4v) is 7.40. The molecule has 7 aromatic rings. The van der Waals surface area contributed by atoms with Gasteiger partial charge in [-0.2, -0.15) is 27.1 Å². The van der Waals surface area contributed by atoms with Crippen LogP contribution in [0.5, 0.6) is 11.5 Å². The SMILES string of the molecule is O=C(O)c1ccc(N=Nc2c(S(=O)(=O)O)cc3cc(NC(=O)c4cc(=O)cc(C(=O)Nc5ccc6c(O)c(N=Nc7ccc(C(=O)O)cc7)c(S(=O)(=O)O)cc6c5)o4)ccc3c2O)cc1. The number of carboxylic acid groups (broad SMARTS) is 2. The first kappa shape index (κ1) is 44.3. The average Bonchev–Trinajstić information content (AvgIpc) is 3.24. The van der Waals surface area contributed by atoms with Crippen LogP contribution in [-0.2, 0) is 20.2 Å². The number of rotatable bonds is 12. The van der Waals surface area contributed by atoms with Crippen molar-refractivity contribution in [3.8, 4) is 11.5 Å². The lowest BCUT2D eigenvalue weighted by molar-refractivity contribution is 0.0686. The Balaban J connectivity index is 1.12. The Morgan fingerprint density at radius 3 is 1.22 bits per heavy atom. The second-order valence-electron chi connectivity index (χ2n) is 13.5. The molecule has 0 atom stereocenters. The highest BCUT2D eigenvalue weighted by Crippen LogP contribution is 2.43. The first-order valence-electron chi connectivity index (χ1n) is 18.0. The minimum absolute atomic E-state index is 0.0122. The highest BCUT2D eigenvalue weighted by atomic mass is 32.2. The number of anilines is 2. The first-order chi connectivity index (χ1) is 30.7. The molecule has 1 aromatic heterocycles. The summed E-state index contributed by atoms with van der Waals surface area (Å²) < 4.78 is 74.8. The van der Waals surface area contributed by atoms with Gasteiger partial charge in [0.05, 0.1) is 22.5 Å². The summed E-state index contributed by atoms with van der Waals surface area (Å²) in [5, 5.41) is 60.1. The Kier molecular flexibility index (Phi) is 11.7. The molecule has 0 bridgehead atoms. The third-order valence-electron chi connectivity index (χ3n) is 9.15. The third-order valence-corrected chi connectivity index (χ3v) is 10.9. The van der Waals surface area contributed by atoms with E-state index in [1.807, 2.05) is 0 Å². The molecule has 0 aliphatic carbocycles. The van der Waals surface area contributed by atoms with Crippen LogP contribution in [-0.4, -0.2) is 70.1 Å². The molecule has 24 heteroatoms. The molecule has 0 radical (unpaired) electrons. The Hall–Kier alpha value is -8.71. The standard InChI is InChI=1S/C41H26N6O16S2/c48-27-17-30(38(51)42-25-9-11-28-21(13-25)15-32(64(57,58)59)34(36(28)49)46-44-23-5-1-19(2-6-23)40(53)54)63-31(18-27)39(52)43-26-10-12-29-22(14-26)16-33(65(60,61)62)35(37(29)50)47-45-24-7-3-20(4-8-24)41(55)56/h1-18,49-50H,(H,42,51)(H,43,52)(H,53,54)(H,55,56)(H,57,58,59)(H,60,61,62). The minimum Gasteiger partial charge on any atom is -0.505 e. The number of aromatic carboxylic acids is 2. The number of hydrogen-bond donors (Lipinski definition) is 8. The molecule has 0 spiro atoms. The van der Waals surface area contributed by atoms with Gasteiger partial charge < -0.3 is 35.5 Å². The van der Waals surface area contributed by atoms with Gasteiger partial charge in [0.1, 0.15) is 21.2 Å². The molecule has 328 valence electrons. The third kappa shape index (κ3) is 9.69. The van der Waals surface area contributed by atoms with Gasteiger partial charge in [-0.05, 0) is 108 Å². The quantitative estimate of drug-likeness (QED) is 0.0432. The number of phenolic OH excluding ortho intramolecular Hbond substituents is 2. The van der Waals surface area contributed by atoms with Gasteiger partial charge in [-0.3, -0.25) is 23.5 Å². The number of phenols is 2. The van der Waals surface area contributed by atoms with E-state index in [4.69, 9.17) is 14.6 Å². The van der Waals surface area contributed by atoms with E-state index in [1.165, 1.54) is 84.9 Å². The molecule has 6 aromatic carbocycles. The fraction of sp³-hybridized carbons (Fsp3) is 0. The Morgan fingerprint density at radius 1 is 0.508 bits per heavy atom. The van der Waals surface area contributed by atoms with Crippen molar-refractivity contribution in [2.45, 2.75) is 9.79 Å². The zero-order valence-electron chi connectivity index (χ0n) is 32.3. The van der Waals surface area contributed by atoms with E-state index in [-0.39, 0.29) is 55.4 Å². The van der Waals surface area contributed by atoms with Crippen molar-refractivity contribution in [3.63, 3.8) is 0 Å². The van der Waals surface area contributed by atoms with Crippen molar-refractivity contribution in [2.24, 2.45) is 20.5 Å². The smallest absolute Gasteiger partial charge is 0.335 e. The van der Waals surface area contributed by atoms with Crippen LogP contribution in [0.25, 0.3) is 21.5 Å². The predicted molar refractivity (Wildman–Crippen MR) is 227 cm³/mol. The van der Waals surface area contributed by atoms with Gasteiger partial charge in [-0.15, -0.1) is 10.2 Å². The summed E-state index contributed by atoms with van der Waals surface area (Å²) in [6.07, 6.45) is 0. The van der Waals surface area contributed by atoms with Crippen LogP contribution in [0.4, 0.5) is 34.1 Å². The zero-order valence-corrected chi connectivity index (χ0v) is 33.9. The van der Waals surface area contributed by atoms with Crippen molar-refractivity contribution < 1.29 is 70.0 Å². The maximum absolute atomic E-state index is 13.3. The molecule has 8 N–H and O–H groups in total.